The van der Waals surface area contributed by atoms with Crippen molar-refractivity contribution >= 4 is 5.97 Å². The van der Waals surface area contributed by atoms with Gasteiger partial charge in [0.15, 0.2) is 0 Å². The molecule has 0 amide bonds. The second-order valence-electron chi connectivity index (χ2n) is 5.03. The van der Waals surface area contributed by atoms with Gasteiger partial charge in [0.05, 0.1) is 18.1 Å². The van der Waals surface area contributed by atoms with Crippen molar-refractivity contribution in [2.75, 3.05) is 13.2 Å². The number of halogens is 5. The van der Waals surface area contributed by atoms with Crippen LogP contribution < -0.4 is 0 Å². The monoisotopic (exact) mass is 306 g/mol. The lowest BCUT2D eigenvalue weighted by molar-refractivity contribution is -0.299. The molecule has 0 aromatic carbocycles. The van der Waals surface area contributed by atoms with E-state index in [0.717, 1.165) is 0 Å². The Morgan fingerprint density at radius 1 is 1.20 bits per heavy atom. The van der Waals surface area contributed by atoms with E-state index in [0.29, 0.717) is 0 Å². The summed E-state index contributed by atoms with van der Waals surface area (Å²) in [6.07, 6.45) is -5.46. The molecule has 0 saturated heterocycles. The van der Waals surface area contributed by atoms with Gasteiger partial charge in [0.1, 0.15) is 6.61 Å². The van der Waals surface area contributed by atoms with E-state index < -0.39 is 42.8 Å². The molecule has 1 aliphatic rings. The van der Waals surface area contributed by atoms with Crippen LogP contribution in [0.5, 0.6) is 0 Å². The molecule has 0 aromatic rings. The number of aliphatic carboxylic acids is 1. The molecule has 0 radical (unpaired) electrons. The molecule has 1 fully saturated rings. The standard InChI is InChI=1S/C11H15F5O4/c12-10(13,11(14,15)16)6-20-5-9(19)3-1-7(2-4-9)8(17)18/h7,19H,1-6H2,(H,17,18). The van der Waals surface area contributed by atoms with Crippen molar-refractivity contribution < 1.29 is 41.7 Å². The van der Waals surface area contributed by atoms with Gasteiger partial charge in [-0.15, -0.1) is 0 Å². The van der Waals surface area contributed by atoms with E-state index in [9.17, 15) is 31.9 Å². The average molecular weight is 306 g/mol. The third-order valence-corrected chi connectivity index (χ3v) is 3.33. The predicted molar refractivity (Wildman–Crippen MR) is 56.4 cm³/mol. The molecule has 0 unspecified atom stereocenters. The largest absolute Gasteiger partial charge is 0.481 e. The van der Waals surface area contributed by atoms with Crippen LogP contribution >= 0.6 is 0 Å². The summed E-state index contributed by atoms with van der Waals surface area (Å²) in [7, 11) is 0. The smallest absolute Gasteiger partial charge is 0.455 e. The van der Waals surface area contributed by atoms with Crippen molar-refractivity contribution in [3.05, 3.63) is 0 Å². The Kier molecular flexibility index (Phi) is 4.96. The van der Waals surface area contributed by atoms with Gasteiger partial charge in [-0.25, -0.2) is 0 Å². The van der Waals surface area contributed by atoms with Crippen LogP contribution in [0.3, 0.4) is 0 Å². The zero-order valence-corrected chi connectivity index (χ0v) is 10.4. The van der Waals surface area contributed by atoms with E-state index in [1.807, 2.05) is 0 Å². The Morgan fingerprint density at radius 3 is 2.10 bits per heavy atom. The molecule has 0 heterocycles. The number of rotatable bonds is 5. The number of ether oxygens (including phenoxy) is 1. The van der Waals surface area contributed by atoms with Gasteiger partial charge < -0.3 is 14.9 Å². The fourth-order valence-corrected chi connectivity index (χ4v) is 2.00. The lowest BCUT2D eigenvalue weighted by Gasteiger charge is -2.34. The highest BCUT2D eigenvalue weighted by atomic mass is 19.4. The summed E-state index contributed by atoms with van der Waals surface area (Å²) in [4.78, 5) is 10.7. The molecule has 0 spiro atoms. The summed E-state index contributed by atoms with van der Waals surface area (Å²) in [5.74, 6) is -6.62. The van der Waals surface area contributed by atoms with E-state index in [2.05, 4.69) is 4.74 Å². The van der Waals surface area contributed by atoms with Gasteiger partial charge in [0.2, 0.25) is 0 Å². The molecular weight excluding hydrogens is 291 g/mol. The normalized spacial score (nSPS) is 28.4. The van der Waals surface area contributed by atoms with Gasteiger partial charge in [-0.05, 0) is 25.7 Å². The minimum absolute atomic E-state index is 0.0123. The molecule has 1 aliphatic carbocycles. The first-order valence-electron chi connectivity index (χ1n) is 5.94. The molecule has 0 aromatic heterocycles. The molecule has 2 N–H and O–H groups in total. The van der Waals surface area contributed by atoms with Gasteiger partial charge in [-0.2, -0.15) is 22.0 Å². The van der Waals surface area contributed by atoms with Crippen molar-refractivity contribution in [2.45, 2.75) is 43.4 Å². The Hall–Kier alpha value is -0.960. The van der Waals surface area contributed by atoms with E-state index in [1.165, 1.54) is 0 Å². The van der Waals surface area contributed by atoms with Gasteiger partial charge in [0, 0.05) is 0 Å². The van der Waals surface area contributed by atoms with Crippen molar-refractivity contribution in [1.82, 2.24) is 0 Å². The van der Waals surface area contributed by atoms with Crippen molar-refractivity contribution in [3.8, 4) is 0 Å². The van der Waals surface area contributed by atoms with Crippen LogP contribution in [-0.4, -0.2) is 47.1 Å². The zero-order chi connectivity index (χ0) is 15.6. The van der Waals surface area contributed by atoms with E-state index in [1.54, 1.807) is 0 Å². The predicted octanol–water partition coefficient (Wildman–Crippen LogP) is 2.21. The summed E-state index contributed by atoms with van der Waals surface area (Å²) in [5.41, 5.74) is -1.55. The van der Waals surface area contributed by atoms with Crippen LogP contribution in [0.1, 0.15) is 25.7 Å². The highest BCUT2D eigenvalue weighted by molar-refractivity contribution is 5.70. The molecule has 118 valence electrons. The van der Waals surface area contributed by atoms with E-state index >= 15 is 0 Å². The van der Waals surface area contributed by atoms with Gasteiger partial charge in [-0.3, -0.25) is 4.79 Å². The molecular formula is C11H15F5O4. The second-order valence-corrected chi connectivity index (χ2v) is 5.03. The Morgan fingerprint density at radius 2 is 1.70 bits per heavy atom. The average Bonchev–Trinajstić information content (AvgIpc) is 2.27. The summed E-state index contributed by atoms with van der Waals surface area (Å²) >= 11 is 0. The molecule has 1 rings (SSSR count). The topological polar surface area (TPSA) is 66.8 Å². The van der Waals surface area contributed by atoms with Crippen molar-refractivity contribution in [3.63, 3.8) is 0 Å². The minimum atomic E-state index is -5.70. The number of carbonyl (C=O) groups is 1. The summed E-state index contributed by atoms with van der Waals surface area (Å²) < 4.78 is 65.1. The van der Waals surface area contributed by atoms with Gasteiger partial charge in [-0.1, -0.05) is 0 Å². The quantitative estimate of drug-likeness (QED) is 0.764. The van der Waals surface area contributed by atoms with Crippen LogP contribution in [-0.2, 0) is 9.53 Å². The van der Waals surface area contributed by atoms with Crippen molar-refractivity contribution in [2.24, 2.45) is 5.92 Å². The SMILES string of the molecule is O=C(O)C1CCC(O)(COCC(F)(F)C(F)(F)F)CC1. The maximum atomic E-state index is 12.6. The molecule has 0 bridgehead atoms. The molecule has 9 heteroatoms. The van der Waals surface area contributed by atoms with E-state index in [4.69, 9.17) is 5.11 Å². The zero-order valence-electron chi connectivity index (χ0n) is 10.4. The first kappa shape index (κ1) is 17.1. The minimum Gasteiger partial charge on any atom is -0.481 e. The van der Waals surface area contributed by atoms with Crippen LogP contribution in [0.25, 0.3) is 0 Å². The Labute approximate surface area is 111 Å². The maximum Gasteiger partial charge on any atom is 0.455 e. The molecule has 20 heavy (non-hydrogen) atoms. The highest BCUT2D eigenvalue weighted by Crippen LogP contribution is 2.37. The number of hydrogen-bond acceptors (Lipinski definition) is 3. The third kappa shape index (κ3) is 4.27. The first-order valence-corrected chi connectivity index (χ1v) is 5.94. The molecule has 0 aliphatic heterocycles. The fourth-order valence-electron chi connectivity index (χ4n) is 2.00. The lowest BCUT2D eigenvalue weighted by Crippen LogP contribution is -2.44. The number of carboxylic acid groups (broad SMARTS) is 1. The summed E-state index contributed by atoms with van der Waals surface area (Å²) in [5, 5.41) is 18.7. The second kappa shape index (κ2) is 5.80. The number of aliphatic hydroxyl groups is 1. The lowest BCUT2D eigenvalue weighted by atomic mass is 9.79. The fraction of sp³-hybridized carbons (Fsp3) is 0.909. The highest BCUT2D eigenvalue weighted by Gasteiger charge is 2.57. The number of alkyl halides is 5. The molecule has 1 saturated carbocycles. The van der Waals surface area contributed by atoms with Crippen LogP contribution in [0.2, 0.25) is 0 Å². The molecule has 4 nitrogen and oxygen atoms in total. The summed E-state index contributed by atoms with van der Waals surface area (Å²) in [6.45, 7) is -2.54. The summed E-state index contributed by atoms with van der Waals surface area (Å²) in [6, 6.07) is 0. The van der Waals surface area contributed by atoms with Crippen LogP contribution in [0.15, 0.2) is 0 Å². The molecule has 0 atom stereocenters. The number of carboxylic acids is 1. The van der Waals surface area contributed by atoms with Gasteiger partial charge >= 0.3 is 18.1 Å². The number of hydrogen-bond donors (Lipinski definition) is 2. The Bertz CT molecular complexity index is 347. The van der Waals surface area contributed by atoms with E-state index in [-0.39, 0.29) is 25.7 Å². The van der Waals surface area contributed by atoms with Crippen molar-refractivity contribution in [1.29, 1.82) is 0 Å². The first-order chi connectivity index (χ1) is 8.97. The Balaban J connectivity index is 2.41. The van der Waals surface area contributed by atoms with Gasteiger partial charge in [0.25, 0.3) is 0 Å². The van der Waals surface area contributed by atoms with Crippen LogP contribution in [0, 0.1) is 5.92 Å². The third-order valence-electron chi connectivity index (χ3n) is 3.33. The maximum absolute atomic E-state index is 12.6. The van der Waals surface area contributed by atoms with Crippen LogP contribution in [0.4, 0.5) is 22.0 Å².